The van der Waals surface area contributed by atoms with Crippen molar-refractivity contribution in [3.63, 3.8) is 0 Å². The third-order valence-electron chi connectivity index (χ3n) is 3.11. The standard InChI is InChI=1S/C14H20N2O2/c1-4-12-7-13(16(5-2)15-12)8-14(17)11-6-10(3)18-9-11/h6-7,9,14,17H,4-5,8H2,1-3H3. The van der Waals surface area contributed by atoms with Crippen LogP contribution in [0.2, 0.25) is 0 Å². The molecule has 0 amide bonds. The van der Waals surface area contributed by atoms with Crippen molar-refractivity contribution in [3.8, 4) is 0 Å². The normalized spacial score (nSPS) is 12.9. The minimum Gasteiger partial charge on any atom is -0.469 e. The lowest BCUT2D eigenvalue weighted by Gasteiger charge is -2.09. The Kier molecular flexibility index (Phi) is 3.87. The van der Waals surface area contributed by atoms with Gasteiger partial charge in [0.05, 0.1) is 18.1 Å². The van der Waals surface area contributed by atoms with Crippen LogP contribution in [0, 0.1) is 6.92 Å². The molecule has 0 saturated heterocycles. The Morgan fingerprint density at radius 2 is 2.17 bits per heavy atom. The second-order valence-electron chi connectivity index (χ2n) is 4.51. The molecule has 1 unspecified atom stereocenters. The summed E-state index contributed by atoms with van der Waals surface area (Å²) < 4.78 is 7.18. The van der Waals surface area contributed by atoms with E-state index in [1.165, 1.54) is 0 Å². The van der Waals surface area contributed by atoms with Gasteiger partial charge < -0.3 is 9.52 Å². The van der Waals surface area contributed by atoms with Gasteiger partial charge in [0.2, 0.25) is 0 Å². The lowest BCUT2D eigenvalue weighted by atomic mass is 10.1. The third-order valence-corrected chi connectivity index (χ3v) is 3.11. The Labute approximate surface area is 107 Å². The van der Waals surface area contributed by atoms with Crippen LogP contribution in [0.3, 0.4) is 0 Å². The van der Waals surface area contributed by atoms with Gasteiger partial charge in [-0.15, -0.1) is 0 Å². The van der Waals surface area contributed by atoms with Crippen molar-refractivity contribution in [2.45, 2.75) is 46.3 Å². The van der Waals surface area contributed by atoms with E-state index in [1.54, 1.807) is 6.26 Å². The van der Waals surface area contributed by atoms with Crippen LogP contribution in [0.15, 0.2) is 22.8 Å². The SMILES string of the molecule is CCc1cc(CC(O)c2coc(C)c2)n(CC)n1. The van der Waals surface area contributed by atoms with Crippen LogP contribution in [0.1, 0.15) is 42.7 Å². The fourth-order valence-corrected chi connectivity index (χ4v) is 2.08. The molecule has 0 spiro atoms. The van der Waals surface area contributed by atoms with Gasteiger partial charge in [-0.1, -0.05) is 6.92 Å². The van der Waals surface area contributed by atoms with Crippen LogP contribution >= 0.6 is 0 Å². The van der Waals surface area contributed by atoms with E-state index in [-0.39, 0.29) is 0 Å². The summed E-state index contributed by atoms with van der Waals surface area (Å²) in [5.41, 5.74) is 2.97. The molecule has 0 aliphatic rings. The van der Waals surface area contributed by atoms with Crippen molar-refractivity contribution in [1.82, 2.24) is 9.78 Å². The van der Waals surface area contributed by atoms with Crippen molar-refractivity contribution < 1.29 is 9.52 Å². The molecular weight excluding hydrogens is 228 g/mol. The molecule has 98 valence electrons. The van der Waals surface area contributed by atoms with Gasteiger partial charge in [-0.05, 0) is 32.4 Å². The summed E-state index contributed by atoms with van der Waals surface area (Å²) in [7, 11) is 0. The molecule has 0 fully saturated rings. The fourth-order valence-electron chi connectivity index (χ4n) is 2.08. The number of nitrogens with zero attached hydrogens (tertiary/aromatic N) is 2. The quantitative estimate of drug-likeness (QED) is 0.885. The molecule has 2 heterocycles. The zero-order valence-electron chi connectivity index (χ0n) is 11.2. The number of rotatable bonds is 5. The number of aliphatic hydroxyl groups is 1. The molecular formula is C14H20N2O2. The zero-order valence-corrected chi connectivity index (χ0v) is 11.2. The maximum absolute atomic E-state index is 10.2. The van der Waals surface area contributed by atoms with Gasteiger partial charge in [-0.25, -0.2) is 0 Å². The van der Waals surface area contributed by atoms with E-state index in [0.717, 1.165) is 35.7 Å². The number of aliphatic hydroxyl groups excluding tert-OH is 1. The summed E-state index contributed by atoms with van der Waals surface area (Å²) in [6.07, 6.45) is 2.57. The van der Waals surface area contributed by atoms with Gasteiger partial charge >= 0.3 is 0 Å². The summed E-state index contributed by atoms with van der Waals surface area (Å²) in [4.78, 5) is 0. The number of hydrogen-bond acceptors (Lipinski definition) is 3. The van der Waals surface area contributed by atoms with Crippen LogP contribution in [0.5, 0.6) is 0 Å². The highest BCUT2D eigenvalue weighted by atomic mass is 16.3. The first-order valence-corrected chi connectivity index (χ1v) is 6.42. The molecule has 1 N–H and O–H groups in total. The van der Waals surface area contributed by atoms with Crippen molar-refractivity contribution in [3.05, 3.63) is 41.1 Å². The van der Waals surface area contributed by atoms with Crippen LogP contribution in [0.4, 0.5) is 0 Å². The number of furan rings is 1. The van der Waals surface area contributed by atoms with Gasteiger partial charge in [0.25, 0.3) is 0 Å². The van der Waals surface area contributed by atoms with Crippen molar-refractivity contribution in [2.75, 3.05) is 0 Å². The summed E-state index contributed by atoms with van der Waals surface area (Å²) in [6.45, 7) is 6.85. The lowest BCUT2D eigenvalue weighted by molar-refractivity contribution is 0.174. The Morgan fingerprint density at radius 1 is 1.39 bits per heavy atom. The van der Waals surface area contributed by atoms with Crippen LogP contribution in [-0.4, -0.2) is 14.9 Å². The molecule has 0 saturated carbocycles. The average Bonchev–Trinajstić information content (AvgIpc) is 2.95. The third kappa shape index (κ3) is 2.64. The zero-order chi connectivity index (χ0) is 13.1. The predicted octanol–water partition coefficient (Wildman–Crippen LogP) is 2.64. The van der Waals surface area contributed by atoms with Gasteiger partial charge in [-0.2, -0.15) is 5.10 Å². The minimum absolute atomic E-state index is 0.533. The minimum atomic E-state index is -0.533. The number of aromatic nitrogens is 2. The molecule has 4 nitrogen and oxygen atoms in total. The largest absolute Gasteiger partial charge is 0.469 e. The molecule has 1 atom stereocenters. The second-order valence-corrected chi connectivity index (χ2v) is 4.51. The Morgan fingerprint density at radius 3 is 2.72 bits per heavy atom. The average molecular weight is 248 g/mol. The van der Waals surface area contributed by atoms with E-state index in [2.05, 4.69) is 25.0 Å². The van der Waals surface area contributed by atoms with E-state index < -0.39 is 6.10 Å². The van der Waals surface area contributed by atoms with E-state index in [0.29, 0.717) is 6.42 Å². The highest BCUT2D eigenvalue weighted by Crippen LogP contribution is 2.21. The maximum atomic E-state index is 10.2. The van der Waals surface area contributed by atoms with E-state index in [4.69, 9.17) is 4.42 Å². The molecule has 2 aromatic rings. The molecule has 4 heteroatoms. The Balaban J connectivity index is 2.15. The van der Waals surface area contributed by atoms with Gasteiger partial charge in [0.15, 0.2) is 0 Å². The molecule has 0 aliphatic heterocycles. The van der Waals surface area contributed by atoms with E-state index >= 15 is 0 Å². The first-order chi connectivity index (χ1) is 8.63. The fraction of sp³-hybridized carbons (Fsp3) is 0.500. The summed E-state index contributed by atoms with van der Waals surface area (Å²) >= 11 is 0. The van der Waals surface area contributed by atoms with Crippen molar-refractivity contribution in [1.29, 1.82) is 0 Å². The summed E-state index contributed by atoms with van der Waals surface area (Å²) in [5, 5.41) is 14.7. The molecule has 0 aliphatic carbocycles. The van der Waals surface area contributed by atoms with Crippen LogP contribution < -0.4 is 0 Å². The number of aryl methyl sites for hydroxylation is 3. The van der Waals surface area contributed by atoms with E-state index in [1.807, 2.05) is 17.7 Å². The van der Waals surface area contributed by atoms with Gasteiger partial charge in [-0.3, -0.25) is 4.68 Å². The van der Waals surface area contributed by atoms with Crippen molar-refractivity contribution >= 4 is 0 Å². The predicted molar refractivity (Wildman–Crippen MR) is 69.4 cm³/mol. The van der Waals surface area contributed by atoms with Gasteiger partial charge in [0.1, 0.15) is 5.76 Å². The maximum Gasteiger partial charge on any atom is 0.101 e. The molecule has 0 bridgehead atoms. The number of hydrogen-bond donors (Lipinski definition) is 1. The van der Waals surface area contributed by atoms with Gasteiger partial charge in [0, 0.05) is 24.2 Å². The topological polar surface area (TPSA) is 51.2 Å². The summed E-state index contributed by atoms with van der Waals surface area (Å²) in [5.74, 6) is 0.822. The Hall–Kier alpha value is -1.55. The highest BCUT2D eigenvalue weighted by molar-refractivity contribution is 5.19. The summed E-state index contributed by atoms with van der Waals surface area (Å²) in [6, 6.07) is 3.94. The van der Waals surface area contributed by atoms with Crippen LogP contribution in [-0.2, 0) is 19.4 Å². The molecule has 2 aromatic heterocycles. The molecule has 2 rings (SSSR count). The Bertz CT molecular complexity index is 514. The smallest absolute Gasteiger partial charge is 0.101 e. The second kappa shape index (κ2) is 5.40. The highest BCUT2D eigenvalue weighted by Gasteiger charge is 2.14. The first-order valence-electron chi connectivity index (χ1n) is 6.42. The lowest BCUT2D eigenvalue weighted by Crippen LogP contribution is -2.08. The van der Waals surface area contributed by atoms with E-state index in [9.17, 15) is 5.11 Å². The molecule has 0 radical (unpaired) electrons. The van der Waals surface area contributed by atoms with Crippen molar-refractivity contribution in [2.24, 2.45) is 0 Å². The van der Waals surface area contributed by atoms with Crippen LogP contribution in [0.25, 0.3) is 0 Å². The monoisotopic (exact) mass is 248 g/mol. The molecule has 18 heavy (non-hydrogen) atoms. The first kappa shape index (κ1) is 12.9. The molecule has 0 aromatic carbocycles.